The molecule has 112 valence electrons. The minimum Gasteiger partial charge on any atom is -0.465 e. The van der Waals surface area contributed by atoms with Crippen molar-refractivity contribution in [3.63, 3.8) is 0 Å². The van der Waals surface area contributed by atoms with Gasteiger partial charge in [-0.1, -0.05) is 17.7 Å². The van der Waals surface area contributed by atoms with Gasteiger partial charge >= 0.3 is 18.0 Å². The largest absolute Gasteiger partial charge is 0.465 e. The van der Waals surface area contributed by atoms with Crippen molar-refractivity contribution in [3.05, 3.63) is 28.8 Å². The zero-order chi connectivity index (χ0) is 15.6. The van der Waals surface area contributed by atoms with Crippen LogP contribution < -0.4 is 5.32 Å². The number of methoxy groups -OCH3 is 1. The zero-order valence-corrected chi connectivity index (χ0v) is 12.3. The third-order valence-corrected chi connectivity index (χ3v) is 3.51. The van der Waals surface area contributed by atoms with Crippen molar-refractivity contribution in [1.82, 2.24) is 9.80 Å². The van der Waals surface area contributed by atoms with E-state index in [1.165, 1.54) is 24.1 Å². The lowest BCUT2D eigenvalue weighted by Gasteiger charge is -2.16. The number of nitrogens with one attached hydrogen (secondary N) is 1. The second-order valence-corrected chi connectivity index (χ2v) is 4.82. The fraction of sp³-hybridized carbons (Fsp3) is 0.308. The number of hydrogen-bond acceptors (Lipinski definition) is 4. The predicted octanol–water partition coefficient (Wildman–Crippen LogP) is 2.03. The van der Waals surface area contributed by atoms with E-state index in [0.29, 0.717) is 13.1 Å². The van der Waals surface area contributed by atoms with Crippen LogP contribution in [0.3, 0.4) is 0 Å². The average molecular weight is 312 g/mol. The smallest absolute Gasteiger partial charge is 0.339 e. The minimum atomic E-state index is -0.604. The molecule has 1 aromatic rings. The van der Waals surface area contributed by atoms with Crippen LogP contribution in [-0.4, -0.2) is 55.1 Å². The third kappa shape index (κ3) is 2.92. The van der Waals surface area contributed by atoms with E-state index in [0.717, 1.165) is 4.90 Å². The summed E-state index contributed by atoms with van der Waals surface area (Å²) in [5.41, 5.74) is 0.383. The van der Waals surface area contributed by atoms with E-state index in [1.54, 1.807) is 13.1 Å². The third-order valence-electron chi connectivity index (χ3n) is 3.11. The van der Waals surface area contributed by atoms with E-state index < -0.39 is 12.0 Å². The first-order chi connectivity index (χ1) is 9.95. The Bertz CT molecular complexity index is 605. The number of imide groups is 1. The van der Waals surface area contributed by atoms with E-state index in [9.17, 15) is 14.4 Å². The van der Waals surface area contributed by atoms with Gasteiger partial charge in [0.25, 0.3) is 0 Å². The molecule has 0 bridgehead atoms. The number of hydrogen-bond donors (Lipinski definition) is 1. The van der Waals surface area contributed by atoms with Crippen LogP contribution in [0, 0.1) is 0 Å². The van der Waals surface area contributed by atoms with Crippen molar-refractivity contribution in [2.24, 2.45) is 0 Å². The van der Waals surface area contributed by atoms with Crippen LogP contribution >= 0.6 is 11.6 Å². The number of urea groups is 2. The molecule has 0 radical (unpaired) electrons. The van der Waals surface area contributed by atoms with Gasteiger partial charge in [-0.25, -0.2) is 19.3 Å². The summed E-state index contributed by atoms with van der Waals surface area (Å²) in [7, 11) is 2.85. The molecular weight excluding hydrogens is 298 g/mol. The molecule has 1 aliphatic heterocycles. The van der Waals surface area contributed by atoms with Gasteiger partial charge in [0.2, 0.25) is 0 Å². The van der Waals surface area contributed by atoms with Crippen molar-refractivity contribution >= 4 is 35.3 Å². The normalized spacial score (nSPS) is 14.3. The molecule has 1 heterocycles. The number of esters is 1. The van der Waals surface area contributed by atoms with E-state index in [-0.39, 0.29) is 22.3 Å². The van der Waals surface area contributed by atoms with Gasteiger partial charge in [0, 0.05) is 20.1 Å². The first-order valence-corrected chi connectivity index (χ1v) is 6.54. The molecule has 1 N–H and O–H groups in total. The number of nitrogens with zero attached hydrogens (tertiary/aromatic N) is 2. The van der Waals surface area contributed by atoms with Crippen molar-refractivity contribution in [1.29, 1.82) is 0 Å². The molecule has 0 aromatic heterocycles. The Hall–Kier alpha value is -2.28. The number of amides is 4. The summed E-state index contributed by atoms with van der Waals surface area (Å²) in [6, 6.07) is 3.61. The van der Waals surface area contributed by atoms with Gasteiger partial charge in [-0.3, -0.25) is 0 Å². The van der Waals surface area contributed by atoms with E-state index >= 15 is 0 Å². The average Bonchev–Trinajstić information content (AvgIpc) is 2.80. The number of ether oxygens (including phenoxy) is 1. The highest BCUT2D eigenvalue weighted by Crippen LogP contribution is 2.27. The monoisotopic (exact) mass is 311 g/mol. The standard InChI is InChI=1S/C13H14ClN3O4/c1-16-6-7-17(13(16)20)12(19)15-9-5-3-4-8(10(9)14)11(18)21-2/h3-5H,6-7H2,1-2H3,(H,15,19). The minimum absolute atomic E-state index is 0.0673. The summed E-state index contributed by atoms with van der Waals surface area (Å²) in [6.07, 6.45) is 0. The summed E-state index contributed by atoms with van der Waals surface area (Å²) < 4.78 is 4.60. The lowest BCUT2D eigenvalue weighted by molar-refractivity contribution is 0.0601. The lowest BCUT2D eigenvalue weighted by Crippen LogP contribution is -2.38. The second kappa shape index (κ2) is 6.01. The molecule has 1 aliphatic rings. The molecule has 0 unspecified atom stereocenters. The molecule has 7 nitrogen and oxygen atoms in total. The Balaban J connectivity index is 2.19. The SMILES string of the molecule is COC(=O)c1cccc(NC(=O)N2CCN(C)C2=O)c1Cl. The van der Waals surface area contributed by atoms with Crippen LogP contribution in [0.2, 0.25) is 5.02 Å². The molecule has 4 amide bonds. The number of benzene rings is 1. The van der Waals surface area contributed by atoms with E-state index in [2.05, 4.69) is 10.1 Å². The molecule has 0 atom stereocenters. The Morgan fingerprint density at radius 2 is 2.05 bits per heavy atom. The fourth-order valence-corrected chi connectivity index (χ4v) is 2.16. The molecular formula is C13H14ClN3O4. The lowest BCUT2D eigenvalue weighted by atomic mass is 10.2. The van der Waals surface area contributed by atoms with Crippen LogP contribution in [0.5, 0.6) is 0 Å². The summed E-state index contributed by atoms with van der Waals surface area (Å²) in [5, 5.41) is 2.59. The first kappa shape index (κ1) is 15.1. The van der Waals surface area contributed by atoms with Gasteiger partial charge in [-0.2, -0.15) is 0 Å². The van der Waals surface area contributed by atoms with Gasteiger partial charge in [-0.05, 0) is 12.1 Å². The molecule has 0 saturated carbocycles. The van der Waals surface area contributed by atoms with Crippen LogP contribution in [0.25, 0.3) is 0 Å². The topological polar surface area (TPSA) is 79.0 Å². The highest BCUT2D eigenvalue weighted by atomic mass is 35.5. The Labute approximate surface area is 126 Å². The fourth-order valence-electron chi connectivity index (χ4n) is 1.91. The molecule has 0 aliphatic carbocycles. The molecule has 0 spiro atoms. The number of halogens is 1. The van der Waals surface area contributed by atoms with Crippen LogP contribution in [0.15, 0.2) is 18.2 Å². The Morgan fingerprint density at radius 3 is 2.62 bits per heavy atom. The number of anilines is 1. The molecule has 1 saturated heterocycles. The molecule has 2 rings (SSSR count). The summed E-state index contributed by atoms with van der Waals surface area (Å²) in [6.45, 7) is 0.775. The maximum Gasteiger partial charge on any atom is 0.339 e. The Kier molecular flexibility index (Phi) is 4.32. The zero-order valence-electron chi connectivity index (χ0n) is 11.6. The number of rotatable bonds is 2. The maximum absolute atomic E-state index is 12.1. The van der Waals surface area contributed by atoms with E-state index in [4.69, 9.17) is 11.6 Å². The summed E-state index contributed by atoms with van der Waals surface area (Å²) >= 11 is 6.07. The number of likely N-dealkylation sites (N-methyl/N-ethyl adjacent to an activating group) is 1. The van der Waals surface area contributed by atoms with Gasteiger partial charge in [-0.15, -0.1) is 0 Å². The molecule has 1 fully saturated rings. The second-order valence-electron chi connectivity index (χ2n) is 4.44. The van der Waals surface area contributed by atoms with Gasteiger partial charge in [0.15, 0.2) is 0 Å². The van der Waals surface area contributed by atoms with Gasteiger partial charge < -0.3 is 15.0 Å². The van der Waals surface area contributed by atoms with Gasteiger partial charge in [0.05, 0.1) is 23.4 Å². The number of carbonyl (C=O) groups excluding carboxylic acids is 3. The highest BCUT2D eigenvalue weighted by Gasteiger charge is 2.31. The van der Waals surface area contributed by atoms with Crippen LogP contribution in [0.1, 0.15) is 10.4 Å². The predicted molar refractivity (Wildman–Crippen MR) is 76.5 cm³/mol. The first-order valence-electron chi connectivity index (χ1n) is 6.16. The van der Waals surface area contributed by atoms with Crippen LogP contribution in [0.4, 0.5) is 15.3 Å². The molecule has 1 aromatic carbocycles. The number of carbonyl (C=O) groups is 3. The Morgan fingerprint density at radius 1 is 1.33 bits per heavy atom. The summed E-state index contributed by atoms with van der Waals surface area (Å²) in [4.78, 5) is 37.8. The highest BCUT2D eigenvalue weighted by molar-refractivity contribution is 6.36. The van der Waals surface area contributed by atoms with Crippen molar-refractivity contribution in [2.45, 2.75) is 0 Å². The van der Waals surface area contributed by atoms with Crippen molar-refractivity contribution < 1.29 is 19.1 Å². The maximum atomic E-state index is 12.1. The van der Waals surface area contributed by atoms with Crippen LogP contribution in [-0.2, 0) is 4.74 Å². The van der Waals surface area contributed by atoms with Crippen molar-refractivity contribution in [2.75, 3.05) is 32.6 Å². The molecule has 8 heteroatoms. The quantitative estimate of drug-likeness (QED) is 0.848. The van der Waals surface area contributed by atoms with Gasteiger partial charge in [0.1, 0.15) is 0 Å². The molecule has 21 heavy (non-hydrogen) atoms. The summed E-state index contributed by atoms with van der Waals surface area (Å²) in [5.74, 6) is -0.604. The van der Waals surface area contributed by atoms with E-state index in [1.807, 2.05) is 0 Å². The van der Waals surface area contributed by atoms with Crippen molar-refractivity contribution in [3.8, 4) is 0 Å².